The summed E-state index contributed by atoms with van der Waals surface area (Å²) in [4.78, 5) is 4.76. The predicted molar refractivity (Wildman–Crippen MR) is 137 cm³/mol. The normalized spacial score (nSPS) is 19.6. The minimum atomic E-state index is -0.0896. The number of hydrogen-bond donors (Lipinski definition) is 0. The molecule has 0 unspecified atom stereocenters. The van der Waals surface area contributed by atoms with Crippen LogP contribution in [0.4, 0.5) is 0 Å². The molecule has 0 aliphatic carbocycles. The van der Waals surface area contributed by atoms with Gasteiger partial charge in [0.05, 0.1) is 0 Å². The highest BCUT2D eigenvalue weighted by Crippen LogP contribution is 2.36. The summed E-state index contributed by atoms with van der Waals surface area (Å²) in [6.07, 6.45) is 5.09. The standard InChI is InChI=1S/C29H42N2O2/c1-21-19-23(7-9-27(21)32-25-11-15-30(5)16-12-25)29(3,4)24-8-10-28(22(2)20-24)33-26-13-17-31(6)18-14-26/h7-10,19-20,25-26H,11-18H2,1-6H3. The monoisotopic (exact) mass is 450 g/mol. The summed E-state index contributed by atoms with van der Waals surface area (Å²) in [7, 11) is 4.38. The van der Waals surface area contributed by atoms with Gasteiger partial charge in [-0.3, -0.25) is 0 Å². The van der Waals surface area contributed by atoms with Gasteiger partial charge in [-0.2, -0.15) is 0 Å². The van der Waals surface area contributed by atoms with Crippen LogP contribution in [0.25, 0.3) is 0 Å². The largest absolute Gasteiger partial charge is 0.490 e. The Morgan fingerprint density at radius 2 is 1.03 bits per heavy atom. The van der Waals surface area contributed by atoms with E-state index in [0.717, 1.165) is 63.4 Å². The Bertz CT molecular complexity index is 863. The summed E-state index contributed by atoms with van der Waals surface area (Å²) in [5, 5.41) is 0. The number of piperidine rings is 2. The molecule has 0 N–H and O–H groups in total. The second-order valence-corrected chi connectivity index (χ2v) is 10.8. The van der Waals surface area contributed by atoms with E-state index in [1.165, 1.54) is 22.3 Å². The molecule has 2 fully saturated rings. The number of ether oxygens (including phenoxy) is 2. The number of aryl methyl sites for hydroxylation is 2. The van der Waals surface area contributed by atoms with Gasteiger partial charge in [-0.15, -0.1) is 0 Å². The molecule has 180 valence electrons. The fraction of sp³-hybridized carbons (Fsp3) is 0.586. The van der Waals surface area contributed by atoms with E-state index in [1.54, 1.807) is 0 Å². The van der Waals surface area contributed by atoms with Crippen LogP contribution in [0, 0.1) is 13.8 Å². The predicted octanol–water partition coefficient (Wildman–Crippen LogP) is 5.58. The highest BCUT2D eigenvalue weighted by molar-refractivity contribution is 5.47. The van der Waals surface area contributed by atoms with Crippen LogP contribution in [-0.4, -0.2) is 62.3 Å². The molecule has 2 saturated heterocycles. The lowest BCUT2D eigenvalue weighted by molar-refractivity contribution is 0.113. The summed E-state index contributed by atoms with van der Waals surface area (Å²) in [5.74, 6) is 2.06. The molecule has 0 aromatic heterocycles. The van der Waals surface area contributed by atoms with Crippen LogP contribution in [-0.2, 0) is 5.41 Å². The molecule has 0 bridgehead atoms. The first-order valence-electron chi connectivity index (χ1n) is 12.6. The van der Waals surface area contributed by atoms with Gasteiger partial charge in [-0.05, 0) is 88.0 Å². The van der Waals surface area contributed by atoms with E-state index < -0.39 is 0 Å². The van der Waals surface area contributed by atoms with Crippen molar-refractivity contribution in [2.24, 2.45) is 0 Å². The van der Waals surface area contributed by atoms with Gasteiger partial charge in [0.1, 0.15) is 23.7 Å². The summed E-state index contributed by atoms with van der Waals surface area (Å²) in [5.41, 5.74) is 4.99. The van der Waals surface area contributed by atoms with Crippen molar-refractivity contribution in [2.75, 3.05) is 40.3 Å². The van der Waals surface area contributed by atoms with Crippen molar-refractivity contribution in [2.45, 2.75) is 71.0 Å². The molecule has 4 rings (SSSR count). The van der Waals surface area contributed by atoms with Gasteiger partial charge in [0.25, 0.3) is 0 Å². The van der Waals surface area contributed by atoms with Crippen molar-refractivity contribution in [1.29, 1.82) is 0 Å². The Morgan fingerprint density at radius 1 is 0.667 bits per heavy atom. The van der Waals surface area contributed by atoms with E-state index in [2.05, 4.69) is 88.0 Å². The zero-order chi connectivity index (χ0) is 23.6. The number of likely N-dealkylation sites (tertiary alicyclic amines) is 2. The van der Waals surface area contributed by atoms with E-state index in [4.69, 9.17) is 9.47 Å². The van der Waals surface area contributed by atoms with Crippen LogP contribution in [0.1, 0.15) is 61.8 Å². The molecular weight excluding hydrogens is 408 g/mol. The third kappa shape index (κ3) is 5.73. The highest BCUT2D eigenvalue weighted by atomic mass is 16.5. The quantitative estimate of drug-likeness (QED) is 0.574. The molecule has 2 aliphatic heterocycles. The first-order valence-corrected chi connectivity index (χ1v) is 12.6. The topological polar surface area (TPSA) is 24.9 Å². The van der Waals surface area contributed by atoms with Crippen LogP contribution in [0.15, 0.2) is 36.4 Å². The fourth-order valence-corrected chi connectivity index (χ4v) is 5.07. The van der Waals surface area contributed by atoms with Crippen LogP contribution in [0.2, 0.25) is 0 Å². The van der Waals surface area contributed by atoms with Crippen molar-refractivity contribution < 1.29 is 9.47 Å². The molecule has 2 aliphatic rings. The van der Waals surface area contributed by atoms with Crippen molar-refractivity contribution in [3.05, 3.63) is 58.7 Å². The smallest absolute Gasteiger partial charge is 0.122 e. The van der Waals surface area contributed by atoms with E-state index in [0.29, 0.717) is 12.2 Å². The minimum Gasteiger partial charge on any atom is -0.490 e. The van der Waals surface area contributed by atoms with Gasteiger partial charge in [0, 0.05) is 31.6 Å². The molecule has 2 aromatic rings. The average Bonchev–Trinajstić information content (AvgIpc) is 2.79. The number of rotatable bonds is 6. The summed E-state index contributed by atoms with van der Waals surface area (Å²) in [6.45, 7) is 13.4. The van der Waals surface area contributed by atoms with E-state index >= 15 is 0 Å². The lowest BCUT2D eigenvalue weighted by Crippen LogP contribution is -2.35. The van der Waals surface area contributed by atoms with Gasteiger partial charge in [-0.25, -0.2) is 0 Å². The Balaban J connectivity index is 1.45. The van der Waals surface area contributed by atoms with Crippen molar-refractivity contribution in [1.82, 2.24) is 9.80 Å². The first kappa shape index (κ1) is 24.1. The Morgan fingerprint density at radius 3 is 1.36 bits per heavy atom. The number of benzene rings is 2. The SMILES string of the molecule is Cc1cc(C(C)(C)c2ccc(OC3CCN(C)CC3)c(C)c2)ccc1OC1CCN(C)CC1. The van der Waals surface area contributed by atoms with Gasteiger partial charge in [0.2, 0.25) is 0 Å². The molecular formula is C29H42N2O2. The number of nitrogens with zero attached hydrogens (tertiary/aromatic N) is 2. The van der Waals surface area contributed by atoms with Gasteiger partial charge < -0.3 is 19.3 Å². The van der Waals surface area contributed by atoms with Crippen molar-refractivity contribution in [3.63, 3.8) is 0 Å². The molecule has 0 radical (unpaired) electrons. The fourth-order valence-electron chi connectivity index (χ4n) is 5.07. The third-order valence-corrected chi connectivity index (χ3v) is 7.71. The summed E-state index contributed by atoms with van der Waals surface area (Å²) >= 11 is 0. The van der Waals surface area contributed by atoms with Crippen LogP contribution in [0.3, 0.4) is 0 Å². The van der Waals surface area contributed by atoms with Gasteiger partial charge in [-0.1, -0.05) is 38.1 Å². The molecule has 0 amide bonds. The zero-order valence-corrected chi connectivity index (χ0v) is 21.5. The lowest BCUT2D eigenvalue weighted by Gasteiger charge is -2.31. The minimum absolute atomic E-state index is 0.0896. The molecule has 2 aromatic carbocycles. The second kappa shape index (κ2) is 10.1. The molecule has 0 spiro atoms. The summed E-state index contributed by atoms with van der Waals surface area (Å²) in [6, 6.07) is 13.5. The Labute approximate surface area is 200 Å². The van der Waals surface area contributed by atoms with Gasteiger partial charge in [0.15, 0.2) is 0 Å². The maximum atomic E-state index is 6.38. The first-order chi connectivity index (χ1) is 15.7. The van der Waals surface area contributed by atoms with E-state index in [1.807, 2.05) is 0 Å². The Hall–Kier alpha value is -2.04. The Kier molecular flexibility index (Phi) is 7.35. The molecule has 4 heteroatoms. The summed E-state index contributed by atoms with van der Waals surface area (Å²) < 4.78 is 12.8. The average molecular weight is 451 g/mol. The molecule has 33 heavy (non-hydrogen) atoms. The number of hydrogen-bond acceptors (Lipinski definition) is 4. The highest BCUT2D eigenvalue weighted by Gasteiger charge is 2.26. The van der Waals surface area contributed by atoms with E-state index in [-0.39, 0.29) is 5.41 Å². The maximum absolute atomic E-state index is 6.38. The van der Waals surface area contributed by atoms with Gasteiger partial charge >= 0.3 is 0 Å². The second-order valence-electron chi connectivity index (χ2n) is 10.8. The maximum Gasteiger partial charge on any atom is 0.122 e. The van der Waals surface area contributed by atoms with Crippen LogP contribution >= 0.6 is 0 Å². The third-order valence-electron chi connectivity index (χ3n) is 7.71. The molecule has 4 nitrogen and oxygen atoms in total. The molecule has 2 heterocycles. The van der Waals surface area contributed by atoms with Crippen molar-refractivity contribution >= 4 is 0 Å². The zero-order valence-electron chi connectivity index (χ0n) is 21.5. The van der Waals surface area contributed by atoms with E-state index in [9.17, 15) is 0 Å². The van der Waals surface area contributed by atoms with Crippen LogP contribution < -0.4 is 9.47 Å². The molecule has 0 saturated carbocycles. The lowest BCUT2D eigenvalue weighted by atomic mass is 9.77. The van der Waals surface area contributed by atoms with Crippen LogP contribution in [0.5, 0.6) is 11.5 Å². The molecule has 0 atom stereocenters. The van der Waals surface area contributed by atoms with Crippen molar-refractivity contribution in [3.8, 4) is 11.5 Å².